The molecule has 2 heterocycles. The van der Waals surface area contributed by atoms with Gasteiger partial charge in [0.2, 0.25) is 10.0 Å². The molecule has 1 aromatic heterocycles. The van der Waals surface area contributed by atoms with Gasteiger partial charge in [0.25, 0.3) is 0 Å². The molecule has 146 valence electrons. The lowest BCUT2D eigenvalue weighted by molar-refractivity contribution is 0.180. The van der Waals surface area contributed by atoms with Crippen LogP contribution in [0.15, 0.2) is 64.9 Å². The van der Waals surface area contributed by atoms with E-state index in [1.54, 1.807) is 11.3 Å². The third-order valence-corrected chi connectivity index (χ3v) is 7.59. The van der Waals surface area contributed by atoms with Crippen molar-refractivity contribution in [3.63, 3.8) is 0 Å². The summed E-state index contributed by atoms with van der Waals surface area (Å²) in [6.45, 7) is 2.80. The molecule has 1 saturated heterocycles. The number of hydrogen-bond donors (Lipinski definition) is 0. The Hall–Kier alpha value is -2.13. The highest BCUT2D eigenvalue weighted by Crippen LogP contribution is 2.24. The number of sulfonamides is 1. The summed E-state index contributed by atoms with van der Waals surface area (Å²) in [5.41, 5.74) is 2.10. The van der Waals surface area contributed by atoms with Crippen LogP contribution in [0.25, 0.3) is 10.6 Å². The number of rotatable bonds is 5. The predicted octanol–water partition coefficient (Wildman–Crippen LogP) is 3.46. The van der Waals surface area contributed by atoms with Crippen LogP contribution in [-0.4, -0.2) is 48.8 Å². The van der Waals surface area contributed by atoms with Gasteiger partial charge in [0, 0.05) is 43.7 Å². The van der Waals surface area contributed by atoms with Crippen molar-refractivity contribution >= 4 is 21.4 Å². The average Bonchev–Trinajstić information content (AvgIpc) is 3.18. The lowest BCUT2D eigenvalue weighted by atomic mass is 10.2. The highest BCUT2D eigenvalue weighted by molar-refractivity contribution is 7.89. The Morgan fingerprint density at radius 3 is 2.32 bits per heavy atom. The Balaban J connectivity index is 1.37. The van der Waals surface area contributed by atoms with Crippen LogP contribution in [0.5, 0.6) is 0 Å². The van der Waals surface area contributed by atoms with Gasteiger partial charge in [-0.25, -0.2) is 17.8 Å². The minimum atomic E-state index is -3.58. The van der Waals surface area contributed by atoms with E-state index in [0.717, 1.165) is 16.3 Å². The molecule has 0 spiro atoms. The standard InChI is InChI=1S/C20H20FN3O2S2/c21-17-6-8-19(9-7-17)28(25,26)24-12-10-23(11-13-24)14-18-15-27-20(22-18)16-4-2-1-3-5-16/h1-9,15H,10-14H2. The summed E-state index contributed by atoms with van der Waals surface area (Å²) >= 11 is 1.62. The van der Waals surface area contributed by atoms with Crippen molar-refractivity contribution in [1.82, 2.24) is 14.2 Å². The van der Waals surface area contributed by atoms with Crippen molar-refractivity contribution in [1.29, 1.82) is 0 Å². The summed E-state index contributed by atoms with van der Waals surface area (Å²) in [7, 11) is -3.58. The van der Waals surface area contributed by atoms with E-state index in [-0.39, 0.29) is 4.90 Å². The first-order chi connectivity index (χ1) is 13.5. The van der Waals surface area contributed by atoms with Crippen LogP contribution in [0, 0.1) is 5.82 Å². The van der Waals surface area contributed by atoms with Crippen LogP contribution in [0.4, 0.5) is 4.39 Å². The minimum Gasteiger partial charge on any atom is -0.295 e. The van der Waals surface area contributed by atoms with Gasteiger partial charge in [-0.2, -0.15) is 4.31 Å². The van der Waals surface area contributed by atoms with Gasteiger partial charge < -0.3 is 0 Å². The zero-order valence-electron chi connectivity index (χ0n) is 15.2. The molecule has 3 aromatic rings. The van der Waals surface area contributed by atoms with E-state index in [4.69, 9.17) is 4.98 Å². The Morgan fingerprint density at radius 1 is 0.964 bits per heavy atom. The summed E-state index contributed by atoms with van der Waals surface area (Å²) in [6, 6.07) is 15.1. The molecule has 1 aliphatic heterocycles. The molecule has 4 rings (SSSR count). The second-order valence-corrected chi connectivity index (χ2v) is 9.44. The first-order valence-electron chi connectivity index (χ1n) is 9.00. The van der Waals surface area contributed by atoms with E-state index in [1.165, 1.54) is 28.6 Å². The molecule has 2 aromatic carbocycles. The van der Waals surface area contributed by atoms with E-state index < -0.39 is 15.8 Å². The van der Waals surface area contributed by atoms with E-state index >= 15 is 0 Å². The van der Waals surface area contributed by atoms with Gasteiger partial charge in [0.15, 0.2) is 0 Å². The third kappa shape index (κ3) is 4.15. The van der Waals surface area contributed by atoms with Gasteiger partial charge in [0.1, 0.15) is 10.8 Å². The van der Waals surface area contributed by atoms with E-state index in [2.05, 4.69) is 10.3 Å². The normalized spacial score (nSPS) is 16.3. The lowest BCUT2D eigenvalue weighted by Gasteiger charge is -2.33. The number of nitrogens with zero attached hydrogens (tertiary/aromatic N) is 3. The SMILES string of the molecule is O=S(=O)(c1ccc(F)cc1)N1CCN(Cc2csc(-c3ccccc3)n2)CC1. The molecule has 0 amide bonds. The fourth-order valence-electron chi connectivity index (χ4n) is 3.21. The maximum absolute atomic E-state index is 13.1. The van der Waals surface area contributed by atoms with Crippen LogP contribution in [0.3, 0.4) is 0 Å². The molecule has 5 nitrogen and oxygen atoms in total. The predicted molar refractivity (Wildman–Crippen MR) is 108 cm³/mol. The Kier molecular flexibility index (Phi) is 5.54. The molecular formula is C20H20FN3O2S2. The Morgan fingerprint density at radius 2 is 1.64 bits per heavy atom. The first-order valence-corrected chi connectivity index (χ1v) is 11.3. The molecule has 0 radical (unpaired) electrons. The van der Waals surface area contributed by atoms with Crippen molar-refractivity contribution in [2.75, 3.05) is 26.2 Å². The molecule has 0 bridgehead atoms. The second-order valence-electron chi connectivity index (χ2n) is 6.64. The molecule has 1 fully saturated rings. The van der Waals surface area contributed by atoms with E-state index in [9.17, 15) is 12.8 Å². The number of thiazole rings is 1. The number of hydrogen-bond acceptors (Lipinski definition) is 5. The molecule has 0 saturated carbocycles. The molecule has 28 heavy (non-hydrogen) atoms. The highest BCUT2D eigenvalue weighted by Gasteiger charge is 2.28. The molecule has 1 aliphatic rings. The summed E-state index contributed by atoms with van der Waals surface area (Å²) in [4.78, 5) is 7.05. The van der Waals surface area contributed by atoms with Gasteiger partial charge in [-0.3, -0.25) is 4.90 Å². The summed E-state index contributed by atoms with van der Waals surface area (Å²) in [5.74, 6) is -0.443. The maximum Gasteiger partial charge on any atom is 0.243 e. The zero-order chi connectivity index (χ0) is 19.6. The second kappa shape index (κ2) is 8.08. The summed E-state index contributed by atoms with van der Waals surface area (Å²) in [5, 5.41) is 3.05. The topological polar surface area (TPSA) is 53.5 Å². The summed E-state index contributed by atoms with van der Waals surface area (Å²) < 4.78 is 39.9. The Labute approximate surface area is 168 Å². The largest absolute Gasteiger partial charge is 0.295 e. The first kappa shape index (κ1) is 19.2. The number of benzene rings is 2. The van der Waals surface area contributed by atoms with Gasteiger partial charge in [-0.05, 0) is 24.3 Å². The van der Waals surface area contributed by atoms with Gasteiger partial charge in [-0.1, -0.05) is 30.3 Å². The highest BCUT2D eigenvalue weighted by atomic mass is 32.2. The van der Waals surface area contributed by atoms with Gasteiger partial charge >= 0.3 is 0 Å². The average molecular weight is 418 g/mol. The monoisotopic (exact) mass is 417 g/mol. The molecular weight excluding hydrogens is 397 g/mol. The molecule has 0 unspecified atom stereocenters. The summed E-state index contributed by atoms with van der Waals surface area (Å²) in [6.07, 6.45) is 0. The number of piperazine rings is 1. The van der Waals surface area contributed by atoms with Crippen molar-refractivity contribution in [3.8, 4) is 10.6 Å². The van der Waals surface area contributed by atoms with E-state index in [1.807, 2.05) is 30.3 Å². The fraction of sp³-hybridized carbons (Fsp3) is 0.250. The smallest absolute Gasteiger partial charge is 0.243 e. The third-order valence-electron chi connectivity index (χ3n) is 4.74. The number of aromatic nitrogens is 1. The molecule has 0 N–H and O–H groups in total. The minimum absolute atomic E-state index is 0.134. The molecule has 0 atom stereocenters. The van der Waals surface area contributed by atoms with Crippen molar-refractivity contribution in [3.05, 3.63) is 71.5 Å². The van der Waals surface area contributed by atoms with Crippen LogP contribution in [0.2, 0.25) is 0 Å². The zero-order valence-corrected chi connectivity index (χ0v) is 16.8. The van der Waals surface area contributed by atoms with Crippen molar-refractivity contribution in [2.24, 2.45) is 0 Å². The fourth-order valence-corrected chi connectivity index (χ4v) is 5.44. The quantitative estimate of drug-likeness (QED) is 0.638. The van der Waals surface area contributed by atoms with Crippen molar-refractivity contribution in [2.45, 2.75) is 11.4 Å². The van der Waals surface area contributed by atoms with Crippen LogP contribution >= 0.6 is 11.3 Å². The maximum atomic E-state index is 13.1. The number of halogens is 1. The molecule has 8 heteroatoms. The van der Waals surface area contributed by atoms with Crippen LogP contribution in [0.1, 0.15) is 5.69 Å². The van der Waals surface area contributed by atoms with E-state index in [0.29, 0.717) is 32.7 Å². The lowest BCUT2D eigenvalue weighted by Crippen LogP contribution is -2.48. The van der Waals surface area contributed by atoms with Crippen molar-refractivity contribution < 1.29 is 12.8 Å². The van der Waals surface area contributed by atoms with Crippen LogP contribution < -0.4 is 0 Å². The molecule has 0 aliphatic carbocycles. The van der Waals surface area contributed by atoms with Gasteiger partial charge in [-0.15, -0.1) is 11.3 Å². The Bertz CT molecular complexity index is 1030. The van der Waals surface area contributed by atoms with Gasteiger partial charge in [0.05, 0.1) is 10.6 Å². The van der Waals surface area contributed by atoms with Crippen LogP contribution in [-0.2, 0) is 16.6 Å².